The molecule has 0 saturated heterocycles. The van der Waals surface area contributed by atoms with Gasteiger partial charge < -0.3 is 5.73 Å². The van der Waals surface area contributed by atoms with Gasteiger partial charge in [0, 0.05) is 6.20 Å². The van der Waals surface area contributed by atoms with Crippen LogP contribution in [0.25, 0.3) is 10.3 Å². The lowest BCUT2D eigenvalue weighted by Crippen LogP contribution is -2.34. The van der Waals surface area contributed by atoms with Gasteiger partial charge in [-0.2, -0.15) is 0 Å². The smallest absolute Gasteiger partial charge is 0.143 e. The molecule has 0 atom stereocenters. The molecule has 0 aromatic carbocycles. The van der Waals surface area contributed by atoms with Crippen molar-refractivity contribution in [1.82, 2.24) is 9.97 Å². The molecule has 0 spiro atoms. The third kappa shape index (κ3) is 1.75. The summed E-state index contributed by atoms with van der Waals surface area (Å²) in [6, 6.07) is 3.88. The third-order valence-electron chi connectivity index (χ3n) is 2.85. The topological polar surface area (TPSA) is 51.8 Å². The van der Waals surface area contributed by atoms with Gasteiger partial charge >= 0.3 is 0 Å². The van der Waals surface area contributed by atoms with Crippen molar-refractivity contribution in [2.75, 3.05) is 0 Å². The summed E-state index contributed by atoms with van der Waals surface area (Å²) in [4.78, 5) is 9.82. The molecule has 0 amide bonds. The van der Waals surface area contributed by atoms with Crippen LogP contribution < -0.4 is 5.73 Å². The molecular weight excluding hydrogens is 206 g/mol. The van der Waals surface area contributed by atoms with Crippen LogP contribution in [0.1, 0.15) is 31.7 Å². The third-order valence-corrected chi connectivity index (χ3v) is 4.05. The maximum atomic E-state index is 6.30. The monoisotopic (exact) mass is 221 g/mol. The Morgan fingerprint density at radius 2 is 2.13 bits per heavy atom. The van der Waals surface area contributed by atoms with Crippen LogP contribution in [-0.4, -0.2) is 9.97 Å². The van der Waals surface area contributed by atoms with Crippen LogP contribution in [0.5, 0.6) is 0 Å². The van der Waals surface area contributed by atoms with Gasteiger partial charge in [-0.25, -0.2) is 9.97 Å². The summed E-state index contributed by atoms with van der Waals surface area (Å²) in [5, 5.41) is 1.00. The lowest BCUT2D eigenvalue weighted by molar-refractivity contribution is 0.411. The average molecular weight is 221 g/mol. The molecule has 0 radical (unpaired) electrons. The molecule has 2 aromatic heterocycles. The highest BCUT2D eigenvalue weighted by Gasteiger charge is 2.26. The van der Waals surface area contributed by atoms with Crippen LogP contribution in [0.15, 0.2) is 18.3 Å². The number of pyridine rings is 1. The van der Waals surface area contributed by atoms with E-state index in [0.717, 1.165) is 28.2 Å². The summed E-state index contributed by atoms with van der Waals surface area (Å²) in [7, 11) is 0. The van der Waals surface area contributed by atoms with E-state index in [4.69, 9.17) is 5.73 Å². The lowest BCUT2D eigenvalue weighted by Gasteiger charge is -2.23. The molecule has 80 valence electrons. The van der Waals surface area contributed by atoms with E-state index in [9.17, 15) is 0 Å². The van der Waals surface area contributed by atoms with Crippen molar-refractivity contribution in [2.24, 2.45) is 5.73 Å². The van der Waals surface area contributed by atoms with Crippen LogP contribution in [-0.2, 0) is 5.54 Å². The molecule has 4 heteroatoms. The molecule has 0 fully saturated rings. The molecule has 0 saturated carbocycles. The van der Waals surface area contributed by atoms with Crippen LogP contribution in [0, 0.1) is 0 Å². The van der Waals surface area contributed by atoms with Crippen LogP contribution in [0.3, 0.4) is 0 Å². The fourth-order valence-corrected chi connectivity index (χ4v) is 2.69. The maximum Gasteiger partial charge on any atom is 0.143 e. The SMILES string of the molecule is CCC(N)(CC)c1nc2cccnc2s1. The van der Waals surface area contributed by atoms with Gasteiger partial charge in [-0.15, -0.1) is 0 Å². The zero-order valence-electron chi connectivity index (χ0n) is 9.03. The van der Waals surface area contributed by atoms with Gasteiger partial charge in [-0.3, -0.25) is 0 Å². The molecule has 0 aliphatic heterocycles. The largest absolute Gasteiger partial charge is 0.319 e. The number of hydrogen-bond acceptors (Lipinski definition) is 4. The minimum atomic E-state index is -0.286. The lowest BCUT2D eigenvalue weighted by atomic mass is 9.95. The average Bonchev–Trinajstić information content (AvgIpc) is 2.72. The number of nitrogens with two attached hydrogens (primary N) is 1. The van der Waals surface area contributed by atoms with Gasteiger partial charge in [0.25, 0.3) is 0 Å². The summed E-state index contributed by atoms with van der Waals surface area (Å²) in [6.45, 7) is 4.20. The van der Waals surface area contributed by atoms with Crippen molar-refractivity contribution in [1.29, 1.82) is 0 Å². The maximum absolute atomic E-state index is 6.30. The second kappa shape index (κ2) is 3.87. The Balaban J connectivity index is 2.52. The van der Waals surface area contributed by atoms with E-state index in [0.29, 0.717) is 0 Å². The van der Waals surface area contributed by atoms with Crippen LogP contribution in [0.2, 0.25) is 0 Å². The van der Waals surface area contributed by atoms with Crippen LogP contribution in [0.4, 0.5) is 0 Å². The van der Waals surface area contributed by atoms with Gasteiger partial charge in [0.2, 0.25) is 0 Å². The molecule has 0 unspecified atom stereocenters. The van der Waals surface area contributed by atoms with E-state index in [1.54, 1.807) is 17.5 Å². The molecule has 2 aromatic rings. The number of rotatable bonds is 3. The van der Waals surface area contributed by atoms with E-state index in [2.05, 4.69) is 23.8 Å². The molecular formula is C11H15N3S. The zero-order chi connectivity index (χ0) is 10.9. The minimum Gasteiger partial charge on any atom is -0.319 e. The molecule has 0 aliphatic carbocycles. The first-order valence-electron chi connectivity index (χ1n) is 5.20. The van der Waals surface area contributed by atoms with Gasteiger partial charge in [0.1, 0.15) is 15.4 Å². The Morgan fingerprint density at radius 1 is 1.40 bits per heavy atom. The van der Waals surface area contributed by atoms with Crippen molar-refractivity contribution in [3.63, 3.8) is 0 Å². The van der Waals surface area contributed by atoms with E-state index in [1.165, 1.54) is 0 Å². The Hall–Kier alpha value is -1.00. The summed E-state index contributed by atoms with van der Waals surface area (Å²) in [5.41, 5.74) is 6.97. The van der Waals surface area contributed by atoms with Crippen molar-refractivity contribution < 1.29 is 0 Å². The summed E-state index contributed by atoms with van der Waals surface area (Å²) >= 11 is 1.61. The molecule has 2 rings (SSSR count). The quantitative estimate of drug-likeness (QED) is 0.867. The van der Waals surface area contributed by atoms with Gasteiger partial charge in [0.05, 0.1) is 5.54 Å². The normalized spacial score (nSPS) is 12.2. The Labute approximate surface area is 93.4 Å². The molecule has 0 aliphatic rings. The minimum absolute atomic E-state index is 0.286. The molecule has 0 bridgehead atoms. The fourth-order valence-electron chi connectivity index (χ4n) is 1.54. The Morgan fingerprint density at radius 3 is 2.73 bits per heavy atom. The number of aromatic nitrogens is 2. The molecule has 2 heterocycles. The fraction of sp³-hybridized carbons (Fsp3) is 0.455. The number of nitrogens with zero attached hydrogens (tertiary/aromatic N) is 2. The second-order valence-electron chi connectivity index (χ2n) is 3.71. The highest BCUT2D eigenvalue weighted by molar-refractivity contribution is 7.18. The number of hydrogen-bond donors (Lipinski definition) is 1. The van der Waals surface area contributed by atoms with Crippen LogP contribution >= 0.6 is 11.3 Å². The molecule has 3 nitrogen and oxygen atoms in total. The van der Waals surface area contributed by atoms with E-state index in [-0.39, 0.29) is 5.54 Å². The molecule has 15 heavy (non-hydrogen) atoms. The van der Waals surface area contributed by atoms with Crippen molar-refractivity contribution in [3.8, 4) is 0 Å². The van der Waals surface area contributed by atoms with Crippen molar-refractivity contribution in [2.45, 2.75) is 32.2 Å². The summed E-state index contributed by atoms with van der Waals surface area (Å²) < 4.78 is 0. The standard InChI is InChI=1S/C11H15N3S/c1-3-11(12,4-2)10-14-8-6-5-7-13-9(8)15-10/h5-7H,3-4,12H2,1-2H3. The van der Waals surface area contributed by atoms with E-state index >= 15 is 0 Å². The van der Waals surface area contributed by atoms with E-state index < -0.39 is 0 Å². The number of thiazole rings is 1. The predicted molar refractivity (Wildman–Crippen MR) is 63.9 cm³/mol. The highest BCUT2D eigenvalue weighted by Crippen LogP contribution is 2.31. The summed E-state index contributed by atoms with van der Waals surface area (Å²) in [6.07, 6.45) is 3.60. The molecule has 2 N–H and O–H groups in total. The van der Waals surface area contributed by atoms with Gasteiger partial charge in [0.15, 0.2) is 0 Å². The van der Waals surface area contributed by atoms with Crippen molar-refractivity contribution in [3.05, 3.63) is 23.3 Å². The van der Waals surface area contributed by atoms with Gasteiger partial charge in [-0.1, -0.05) is 25.2 Å². The van der Waals surface area contributed by atoms with Gasteiger partial charge in [-0.05, 0) is 25.0 Å². The Bertz CT molecular complexity index is 427. The highest BCUT2D eigenvalue weighted by atomic mass is 32.1. The van der Waals surface area contributed by atoms with Crippen molar-refractivity contribution >= 4 is 21.7 Å². The van der Waals surface area contributed by atoms with E-state index in [1.807, 2.05) is 12.1 Å². The number of fused-ring (bicyclic) bond motifs is 1. The first-order valence-corrected chi connectivity index (χ1v) is 6.02. The summed E-state index contributed by atoms with van der Waals surface area (Å²) in [5.74, 6) is 0. The second-order valence-corrected chi connectivity index (χ2v) is 4.69. The zero-order valence-corrected chi connectivity index (χ0v) is 9.84. The Kier molecular flexibility index (Phi) is 2.71. The first kappa shape index (κ1) is 10.5. The predicted octanol–water partition coefficient (Wildman–Crippen LogP) is 2.67. The first-order chi connectivity index (χ1) is 7.19.